The summed E-state index contributed by atoms with van der Waals surface area (Å²) in [6.45, 7) is 3.55. The molecule has 0 aliphatic rings. The minimum Gasteiger partial charge on any atom is -0.166 e. The summed E-state index contributed by atoms with van der Waals surface area (Å²) in [6.07, 6.45) is -9.10. The van der Waals surface area contributed by atoms with Crippen LogP contribution in [0.2, 0.25) is 0 Å². The zero-order valence-electron chi connectivity index (χ0n) is 12.4. The quantitative estimate of drug-likeness (QED) is 0.550. The topological polar surface area (TPSA) is 0 Å². The molecule has 0 N–H and O–H groups in total. The predicted molar refractivity (Wildman–Crippen MR) is 76.0 cm³/mol. The van der Waals surface area contributed by atoms with Gasteiger partial charge < -0.3 is 0 Å². The third-order valence-electron chi connectivity index (χ3n) is 3.50. The van der Waals surface area contributed by atoms with E-state index in [9.17, 15) is 26.3 Å². The molecule has 2 rings (SSSR count). The molecular weight excluding hydrogens is 318 g/mol. The van der Waals surface area contributed by atoms with E-state index in [1.165, 1.54) is 18.2 Å². The van der Waals surface area contributed by atoms with Crippen molar-refractivity contribution in [1.29, 1.82) is 0 Å². The van der Waals surface area contributed by atoms with Crippen LogP contribution in [0.1, 0.15) is 36.5 Å². The molecule has 6 heteroatoms. The third kappa shape index (κ3) is 3.86. The van der Waals surface area contributed by atoms with E-state index in [0.717, 1.165) is 24.3 Å². The Morgan fingerprint density at radius 2 is 1.30 bits per heavy atom. The van der Waals surface area contributed by atoms with Gasteiger partial charge in [-0.1, -0.05) is 32.0 Å². The average molecular weight is 332 g/mol. The number of hydrogen-bond acceptors (Lipinski definition) is 0. The lowest BCUT2D eigenvalue weighted by atomic mass is 9.90. The predicted octanol–water partition coefficient (Wildman–Crippen LogP) is 6.51. The minimum atomic E-state index is -4.55. The standard InChI is InChI=1S/C17H14F6/c1-10(2)14-7-6-13(17(21,22)23)9-15(14)11-4-3-5-12(8-11)16(18,19)20/h3-10H,1-2H3. The molecule has 0 aliphatic heterocycles. The first kappa shape index (κ1) is 17.4. The summed E-state index contributed by atoms with van der Waals surface area (Å²) in [7, 11) is 0. The molecule has 0 aromatic heterocycles. The van der Waals surface area contributed by atoms with Gasteiger partial charge in [0.2, 0.25) is 0 Å². The first-order valence-electron chi connectivity index (χ1n) is 6.89. The van der Waals surface area contributed by atoms with Crippen LogP contribution < -0.4 is 0 Å². The summed E-state index contributed by atoms with van der Waals surface area (Å²) in [6, 6.07) is 7.53. The zero-order chi connectivity index (χ0) is 17.4. The van der Waals surface area contributed by atoms with E-state index in [1.54, 1.807) is 13.8 Å². The molecule has 0 nitrogen and oxygen atoms in total. The van der Waals surface area contributed by atoms with E-state index >= 15 is 0 Å². The van der Waals surface area contributed by atoms with E-state index in [0.29, 0.717) is 5.56 Å². The van der Waals surface area contributed by atoms with Crippen molar-refractivity contribution in [3.8, 4) is 11.1 Å². The van der Waals surface area contributed by atoms with Gasteiger partial charge in [-0.2, -0.15) is 26.3 Å². The Hall–Kier alpha value is -1.98. The summed E-state index contributed by atoms with van der Waals surface area (Å²) in [4.78, 5) is 0. The number of rotatable bonds is 2. The molecule has 0 unspecified atom stereocenters. The van der Waals surface area contributed by atoms with Gasteiger partial charge in [-0.05, 0) is 46.9 Å². The lowest BCUT2D eigenvalue weighted by Crippen LogP contribution is -2.07. The van der Waals surface area contributed by atoms with Crippen LogP contribution in [0.5, 0.6) is 0 Å². The van der Waals surface area contributed by atoms with Crippen molar-refractivity contribution in [3.05, 3.63) is 59.2 Å². The minimum absolute atomic E-state index is 0.120. The van der Waals surface area contributed by atoms with Gasteiger partial charge >= 0.3 is 12.4 Å². The second-order valence-corrected chi connectivity index (χ2v) is 5.53. The molecule has 0 fully saturated rings. The lowest BCUT2D eigenvalue weighted by molar-refractivity contribution is -0.138. The van der Waals surface area contributed by atoms with Crippen LogP contribution in [0, 0.1) is 0 Å². The monoisotopic (exact) mass is 332 g/mol. The highest BCUT2D eigenvalue weighted by molar-refractivity contribution is 5.70. The maximum absolute atomic E-state index is 12.9. The normalized spacial score (nSPS) is 12.7. The third-order valence-corrected chi connectivity index (χ3v) is 3.50. The molecular formula is C17H14F6. The van der Waals surface area contributed by atoms with Gasteiger partial charge in [-0.3, -0.25) is 0 Å². The fourth-order valence-electron chi connectivity index (χ4n) is 2.35. The summed E-state index contributed by atoms with van der Waals surface area (Å²) in [5.41, 5.74) is -0.913. The van der Waals surface area contributed by atoms with Crippen LogP contribution in [0.15, 0.2) is 42.5 Å². The van der Waals surface area contributed by atoms with Gasteiger partial charge in [0.15, 0.2) is 0 Å². The van der Waals surface area contributed by atoms with Crippen LogP contribution in [0.3, 0.4) is 0 Å². The van der Waals surface area contributed by atoms with Crippen molar-refractivity contribution in [2.45, 2.75) is 32.1 Å². The van der Waals surface area contributed by atoms with Gasteiger partial charge in [0.05, 0.1) is 11.1 Å². The van der Waals surface area contributed by atoms with Crippen molar-refractivity contribution in [3.63, 3.8) is 0 Å². The Labute approximate surface area is 129 Å². The Balaban J connectivity index is 2.65. The molecule has 0 bridgehead atoms. The molecule has 23 heavy (non-hydrogen) atoms. The maximum atomic E-state index is 12.9. The highest BCUT2D eigenvalue weighted by atomic mass is 19.4. The molecule has 0 saturated carbocycles. The van der Waals surface area contributed by atoms with E-state index in [1.807, 2.05) is 0 Å². The lowest BCUT2D eigenvalue weighted by Gasteiger charge is -2.17. The van der Waals surface area contributed by atoms with Crippen molar-refractivity contribution >= 4 is 0 Å². The Bertz CT molecular complexity index is 695. The van der Waals surface area contributed by atoms with Gasteiger partial charge in [0.25, 0.3) is 0 Å². The fraction of sp³-hybridized carbons (Fsp3) is 0.294. The first-order valence-corrected chi connectivity index (χ1v) is 6.89. The first-order chi connectivity index (χ1) is 10.5. The van der Waals surface area contributed by atoms with Crippen LogP contribution in [-0.2, 0) is 12.4 Å². The highest BCUT2D eigenvalue weighted by Gasteiger charge is 2.32. The maximum Gasteiger partial charge on any atom is 0.416 e. The van der Waals surface area contributed by atoms with Crippen LogP contribution in [-0.4, -0.2) is 0 Å². The smallest absolute Gasteiger partial charge is 0.166 e. The Morgan fingerprint density at radius 3 is 1.83 bits per heavy atom. The summed E-state index contributed by atoms with van der Waals surface area (Å²) in [5, 5.41) is 0. The molecule has 0 heterocycles. The summed E-state index contributed by atoms with van der Waals surface area (Å²) < 4.78 is 77.2. The zero-order valence-corrected chi connectivity index (χ0v) is 12.4. The van der Waals surface area contributed by atoms with Crippen molar-refractivity contribution < 1.29 is 26.3 Å². The van der Waals surface area contributed by atoms with Gasteiger partial charge in [0.1, 0.15) is 0 Å². The van der Waals surface area contributed by atoms with Crippen molar-refractivity contribution in [2.24, 2.45) is 0 Å². The van der Waals surface area contributed by atoms with Gasteiger partial charge in [-0.15, -0.1) is 0 Å². The average Bonchev–Trinajstić information content (AvgIpc) is 2.45. The van der Waals surface area contributed by atoms with E-state index < -0.39 is 23.5 Å². The number of halogens is 6. The molecule has 0 spiro atoms. The van der Waals surface area contributed by atoms with Crippen molar-refractivity contribution in [1.82, 2.24) is 0 Å². The fourth-order valence-corrected chi connectivity index (χ4v) is 2.35. The van der Waals surface area contributed by atoms with Crippen LogP contribution in [0.25, 0.3) is 11.1 Å². The van der Waals surface area contributed by atoms with Crippen molar-refractivity contribution in [2.75, 3.05) is 0 Å². The molecule has 0 amide bonds. The van der Waals surface area contributed by atoms with Gasteiger partial charge in [0, 0.05) is 0 Å². The molecule has 2 aromatic carbocycles. The molecule has 124 valence electrons. The molecule has 0 saturated heterocycles. The second-order valence-electron chi connectivity index (χ2n) is 5.53. The van der Waals surface area contributed by atoms with Crippen LogP contribution >= 0.6 is 0 Å². The molecule has 0 aliphatic carbocycles. The summed E-state index contributed by atoms with van der Waals surface area (Å²) in [5.74, 6) is -0.123. The Kier molecular flexibility index (Phi) is 4.46. The van der Waals surface area contributed by atoms with E-state index in [4.69, 9.17) is 0 Å². The van der Waals surface area contributed by atoms with E-state index in [-0.39, 0.29) is 17.0 Å². The number of alkyl halides is 6. The molecule has 0 atom stereocenters. The Morgan fingerprint density at radius 1 is 0.739 bits per heavy atom. The highest BCUT2D eigenvalue weighted by Crippen LogP contribution is 2.38. The number of benzene rings is 2. The SMILES string of the molecule is CC(C)c1ccc(C(F)(F)F)cc1-c1cccc(C(F)(F)F)c1. The molecule has 0 radical (unpaired) electrons. The van der Waals surface area contributed by atoms with E-state index in [2.05, 4.69) is 0 Å². The largest absolute Gasteiger partial charge is 0.416 e. The molecule has 2 aromatic rings. The van der Waals surface area contributed by atoms with Crippen LogP contribution in [0.4, 0.5) is 26.3 Å². The number of hydrogen-bond donors (Lipinski definition) is 0. The van der Waals surface area contributed by atoms with Gasteiger partial charge in [-0.25, -0.2) is 0 Å². The second kappa shape index (κ2) is 5.91. The summed E-state index contributed by atoms with van der Waals surface area (Å²) >= 11 is 0.